The first kappa shape index (κ1) is 9.53. The van der Waals surface area contributed by atoms with Crippen LogP contribution in [-0.4, -0.2) is 28.3 Å². The lowest BCUT2D eigenvalue weighted by Crippen LogP contribution is -2.32. The van der Waals surface area contributed by atoms with Crippen molar-refractivity contribution < 1.29 is 24.2 Å². The van der Waals surface area contributed by atoms with Gasteiger partial charge in [0.2, 0.25) is 11.5 Å². The van der Waals surface area contributed by atoms with Gasteiger partial charge in [0.15, 0.2) is 0 Å². The molecule has 0 aliphatic heterocycles. The number of hydrogen-bond donors (Lipinski definition) is 2. The molecule has 0 fully saturated rings. The number of aliphatic carboxylic acids is 1. The zero-order valence-corrected chi connectivity index (χ0v) is 7.14. The zero-order valence-electron chi connectivity index (χ0n) is 7.14. The Labute approximate surface area is 73.8 Å². The van der Waals surface area contributed by atoms with E-state index in [0.717, 1.165) is 6.92 Å². The lowest BCUT2D eigenvalue weighted by Gasteiger charge is -2.12. The minimum absolute atomic E-state index is 0.0523. The highest BCUT2D eigenvalue weighted by molar-refractivity contribution is 5.76. The molecule has 0 spiro atoms. The van der Waals surface area contributed by atoms with Crippen LogP contribution in [0.2, 0.25) is 0 Å². The van der Waals surface area contributed by atoms with Crippen molar-refractivity contribution in [1.82, 2.24) is 4.98 Å². The van der Waals surface area contributed by atoms with Crippen molar-refractivity contribution in [3.05, 3.63) is 12.1 Å². The molecule has 0 aromatic carbocycles. The number of nitrogens with zero attached hydrogens (tertiary/aromatic N) is 1. The van der Waals surface area contributed by atoms with Gasteiger partial charge in [-0.25, -0.2) is 9.78 Å². The molecule has 1 atom stereocenters. The van der Waals surface area contributed by atoms with E-state index in [1.54, 1.807) is 0 Å². The van der Waals surface area contributed by atoms with E-state index in [9.17, 15) is 9.90 Å². The molecule has 0 saturated carbocycles. The molecule has 13 heavy (non-hydrogen) atoms. The van der Waals surface area contributed by atoms with Crippen LogP contribution in [0, 0.1) is 0 Å². The van der Waals surface area contributed by atoms with E-state index in [1.165, 1.54) is 13.3 Å². The smallest absolute Gasteiger partial charge is 0.345 e. The summed E-state index contributed by atoms with van der Waals surface area (Å²) in [6.07, 6.45) is 1.19. The molecule has 2 N–H and O–H groups in total. The molecule has 0 saturated heterocycles. The van der Waals surface area contributed by atoms with Gasteiger partial charge in [0, 0.05) is 0 Å². The monoisotopic (exact) mass is 187 g/mol. The summed E-state index contributed by atoms with van der Waals surface area (Å²) in [6.45, 7) is 1.07. The average molecular weight is 187 g/mol. The van der Waals surface area contributed by atoms with Gasteiger partial charge in [-0.15, -0.1) is 0 Å². The summed E-state index contributed by atoms with van der Waals surface area (Å²) in [7, 11) is 1.35. The maximum atomic E-state index is 10.5. The molecular formula is C7H9NO5. The Morgan fingerprint density at radius 1 is 1.77 bits per heavy atom. The molecule has 0 aliphatic rings. The third kappa shape index (κ3) is 1.62. The Kier molecular flexibility index (Phi) is 2.24. The van der Waals surface area contributed by atoms with E-state index in [-0.39, 0.29) is 11.8 Å². The van der Waals surface area contributed by atoms with Gasteiger partial charge in [0.1, 0.15) is 6.20 Å². The van der Waals surface area contributed by atoms with Crippen molar-refractivity contribution in [2.45, 2.75) is 12.5 Å². The maximum absolute atomic E-state index is 10.5. The van der Waals surface area contributed by atoms with Crippen LogP contribution in [0.1, 0.15) is 12.8 Å². The Hall–Kier alpha value is -1.56. The number of carboxylic acid groups (broad SMARTS) is 1. The van der Waals surface area contributed by atoms with Crippen LogP contribution < -0.4 is 4.74 Å². The third-order valence-electron chi connectivity index (χ3n) is 1.52. The van der Waals surface area contributed by atoms with Gasteiger partial charge in [-0.3, -0.25) is 0 Å². The topological polar surface area (TPSA) is 92.8 Å². The number of hydrogen-bond acceptors (Lipinski definition) is 5. The van der Waals surface area contributed by atoms with Gasteiger partial charge in [0.25, 0.3) is 0 Å². The number of rotatable bonds is 3. The van der Waals surface area contributed by atoms with Gasteiger partial charge in [0.05, 0.1) is 7.11 Å². The highest BCUT2D eigenvalue weighted by Crippen LogP contribution is 2.23. The lowest BCUT2D eigenvalue weighted by atomic mass is 10.1. The lowest BCUT2D eigenvalue weighted by molar-refractivity contribution is -0.160. The summed E-state index contributed by atoms with van der Waals surface area (Å²) in [5, 5.41) is 17.9. The first-order chi connectivity index (χ1) is 5.98. The molecule has 1 aromatic rings. The SMILES string of the molecule is COc1cnc(C(C)(O)C(=O)O)o1. The second-order valence-corrected chi connectivity index (χ2v) is 2.57. The largest absolute Gasteiger partial charge is 0.479 e. The first-order valence-corrected chi connectivity index (χ1v) is 3.44. The quantitative estimate of drug-likeness (QED) is 0.690. The van der Waals surface area contributed by atoms with Crippen LogP contribution in [0.5, 0.6) is 5.95 Å². The van der Waals surface area contributed by atoms with Crippen molar-refractivity contribution >= 4 is 5.97 Å². The predicted molar refractivity (Wildman–Crippen MR) is 40.3 cm³/mol. The van der Waals surface area contributed by atoms with Crippen LogP contribution >= 0.6 is 0 Å². The average Bonchev–Trinajstić information content (AvgIpc) is 2.51. The summed E-state index contributed by atoms with van der Waals surface area (Å²) in [5.41, 5.74) is -2.13. The molecule has 1 unspecified atom stereocenters. The Morgan fingerprint density at radius 3 is 2.77 bits per heavy atom. The van der Waals surface area contributed by atoms with Crippen LogP contribution in [0.15, 0.2) is 10.6 Å². The fourth-order valence-corrected chi connectivity index (χ4v) is 0.670. The molecule has 0 radical (unpaired) electrons. The molecule has 0 amide bonds. The molecule has 6 heteroatoms. The summed E-state index contributed by atoms with van der Waals surface area (Å²) >= 11 is 0. The van der Waals surface area contributed by atoms with Crippen molar-refractivity contribution in [3.63, 3.8) is 0 Å². The first-order valence-electron chi connectivity index (χ1n) is 3.44. The van der Waals surface area contributed by atoms with Crippen LogP contribution in [-0.2, 0) is 10.4 Å². The Morgan fingerprint density at radius 2 is 2.38 bits per heavy atom. The molecule has 0 bridgehead atoms. The molecule has 1 heterocycles. The molecule has 1 aromatic heterocycles. The maximum Gasteiger partial charge on any atom is 0.345 e. The highest BCUT2D eigenvalue weighted by Gasteiger charge is 2.37. The van der Waals surface area contributed by atoms with Crippen molar-refractivity contribution in [3.8, 4) is 5.95 Å². The second-order valence-electron chi connectivity index (χ2n) is 2.57. The van der Waals surface area contributed by atoms with Gasteiger partial charge < -0.3 is 19.4 Å². The van der Waals surface area contributed by atoms with Gasteiger partial charge in [-0.2, -0.15) is 0 Å². The summed E-state index contributed by atoms with van der Waals surface area (Å²) in [6, 6.07) is 0. The minimum atomic E-state index is -2.13. The molecule has 72 valence electrons. The van der Waals surface area contributed by atoms with Crippen molar-refractivity contribution in [2.24, 2.45) is 0 Å². The molecule has 0 aliphatic carbocycles. The fraction of sp³-hybridized carbons (Fsp3) is 0.429. The number of oxazole rings is 1. The van der Waals surface area contributed by atoms with E-state index >= 15 is 0 Å². The van der Waals surface area contributed by atoms with E-state index in [0.29, 0.717) is 0 Å². The zero-order chi connectivity index (χ0) is 10.1. The molecule has 1 rings (SSSR count). The van der Waals surface area contributed by atoms with Gasteiger partial charge >= 0.3 is 11.9 Å². The standard InChI is InChI=1S/C7H9NO5/c1-7(11,6(9)10)5-8-3-4(12-2)13-5/h3,11H,1-2H3,(H,9,10). The minimum Gasteiger partial charge on any atom is -0.479 e. The van der Waals surface area contributed by atoms with Crippen LogP contribution in [0.4, 0.5) is 0 Å². The summed E-state index contributed by atoms with van der Waals surface area (Å²) in [5.74, 6) is -1.69. The summed E-state index contributed by atoms with van der Waals surface area (Å²) in [4.78, 5) is 14.1. The van der Waals surface area contributed by atoms with Crippen LogP contribution in [0.25, 0.3) is 0 Å². The predicted octanol–water partition coefficient (Wildman–Crippen LogP) is -0.0247. The molecular weight excluding hydrogens is 178 g/mol. The van der Waals surface area contributed by atoms with Crippen molar-refractivity contribution in [2.75, 3.05) is 7.11 Å². The van der Waals surface area contributed by atoms with E-state index in [4.69, 9.17) is 9.52 Å². The number of carbonyl (C=O) groups is 1. The van der Waals surface area contributed by atoms with E-state index in [1.807, 2.05) is 0 Å². The number of aromatic nitrogens is 1. The molecule has 6 nitrogen and oxygen atoms in total. The Balaban J connectivity index is 3.00. The number of ether oxygens (including phenoxy) is 1. The number of carboxylic acids is 1. The second kappa shape index (κ2) is 3.06. The van der Waals surface area contributed by atoms with Crippen molar-refractivity contribution in [1.29, 1.82) is 0 Å². The highest BCUT2D eigenvalue weighted by atomic mass is 16.6. The number of aliphatic hydroxyl groups is 1. The van der Waals surface area contributed by atoms with Gasteiger partial charge in [-0.05, 0) is 6.92 Å². The number of methoxy groups -OCH3 is 1. The Bertz CT molecular complexity index is 316. The fourth-order valence-electron chi connectivity index (χ4n) is 0.670. The van der Waals surface area contributed by atoms with E-state index in [2.05, 4.69) is 9.72 Å². The van der Waals surface area contributed by atoms with Crippen LogP contribution in [0.3, 0.4) is 0 Å². The third-order valence-corrected chi connectivity index (χ3v) is 1.52. The van der Waals surface area contributed by atoms with Gasteiger partial charge in [-0.1, -0.05) is 0 Å². The van der Waals surface area contributed by atoms with E-state index < -0.39 is 11.6 Å². The normalized spacial score (nSPS) is 15.0. The summed E-state index contributed by atoms with van der Waals surface area (Å²) < 4.78 is 9.43.